The summed E-state index contributed by atoms with van der Waals surface area (Å²) in [6, 6.07) is 5.51. The van der Waals surface area contributed by atoms with Crippen LogP contribution >= 0.6 is 0 Å². The van der Waals surface area contributed by atoms with E-state index in [0.29, 0.717) is 24.9 Å². The summed E-state index contributed by atoms with van der Waals surface area (Å²) in [7, 11) is 2.14. The third-order valence-corrected chi connectivity index (χ3v) is 6.16. The quantitative estimate of drug-likeness (QED) is 0.785. The van der Waals surface area contributed by atoms with Crippen LogP contribution < -0.4 is 4.90 Å². The Morgan fingerprint density at radius 1 is 1.21 bits per heavy atom. The molecule has 3 fully saturated rings. The lowest BCUT2D eigenvalue weighted by molar-refractivity contribution is 0.00132. The molecular weight excluding hydrogens is 358 g/mol. The molecule has 8 nitrogen and oxygen atoms in total. The van der Waals surface area contributed by atoms with Crippen molar-refractivity contribution in [2.75, 3.05) is 64.4 Å². The normalized spacial score (nSPS) is 24.5. The molecule has 0 aromatic carbocycles. The van der Waals surface area contributed by atoms with E-state index >= 15 is 0 Å². The second-order valence-electron chi connectivity index (χ2n) is 8.13. The van der Waals surface area contributed by atoms with Crippen LogP contribution in [0.2, 0.25) is 0 Å². The number of carbonyl (C=O) groups excluding carboxylic acids is 1. The number of likely N-dealkylation sites (tertiary alicyclic amines) is 2. The number of anilines is 1. The second kappa shape index (κ2) is 6.86. The van der Waals surface area contributed by atoms with Crippen molar-refractivity contribution in [3.8, 4) is 0 Å². The van der Waals surface area contributed by atoms with E-state index in [1.54, 1.807) is 18.4 Å². The summed E-state index contributed by atoms with van der Waals surface area (Å²) in [6.07, 6.45) is 3.41. The van der Waals surface area contributed by atoms with Crippen LogP contribution in [-0.2, 0) is 4.74 Å². The number of nitrogens with zero attached hydrogens (tertiary/aromatic N) is 5. The summed E-state index contributed by atoms with van der Waals surface area (Å²) in [6.45, 7) is 6.46. The molecule has 3 aliphatic heterocycles. The Labute approximate surface area is 164 Å². The Kier molecular flexibility index (Phi) is 4.32. The summed E-state index contributed by atoms with van der Waals surface area (Å²) < 4.78 is 10.7. The van der Waals surface area contributed by atoms with Crippen LogP contribution in [0.25, 0.3) is 0 Å². The van der Waals surface area contributed by atoms with Crippen molar-refractivity contribution in [2.24, 2.45) is 5.41 Å². The number of hydrogen-bond acceptors (Lipinski definition) is 7. The number of rotatable bonds is 3. The molecule has 1 unspecified atom stereocenters. The summed E-state index contributed by atoms with van der Waals surface area (Å²) in [5.74, 6) is 1.46. The zero-order valence-corrected chi connectivity index (χ0v) is 16.1. The van der Waals surface area contributed by atoms with Crippen molar-refractivity contribution < 1.29 is 13.9 Å². The van der Waals surface area contributed by atoms with Crippen LogP contribution in [0.5, 0.6) is 0 Å². The highest BCUT2D eigenvalue weighted by Crippen LogP contribution is 2.48. The Hall–Kier alpha value is -2.45. The van der Waals surface area contributed by atoms with Crippen LogP contribution in [0, 0.1) is 5.41 Å². The van der Waals surface area contributed by atoms with Gasteiger partial charge in [0, 0.05) is 56.8 Å². The molecule has 0 saturated carbocycles. The number of carbonyl (C=O) groups is 1. The largest absolute Gasteiger partial charge is 0.459 e. The Bertz CT molecular complexity index is 843. The Balaban J connectivity index is 1.35. The molecule has 2 aromatic rings. The third-order valence-electron chi connectivity index (χ3n) is 6.16. The first-order chi connectivity index (χ1) is 13.6. The SMILES string of the molecule is CN1CC(c2ccnc(N3CCOCC3)n2)C2(C1)CN(C(=O)c1ccco1)C2. The summed E-state index contributed by atoms with van der Waals surface area (Å²) in [5.41, 5.74) is 1.12. The Morgan fingerprint density at radius 3 is 2.79 bits per heavy atom. The van der Waals surface area contributed by atoms with Gasteiger partial charge in [-0.25, -0.2) is 9.97 Å². The van der Waals surface area contributed by atoms with Crippen molar-refractivity contribution >= 4 is 11.9 Å². The molecule has 1 amide bonds. The van der Waals surface area contributed by atoms with Gasteiger partial charge in [-0.1, -0.05) is 0 Å². The highest BCUT2D eigenvalue weighted by molar-refractivity contribution is 5.92. The fraction of sp³-hybridized carbons (Fsp3) is 0.550. The minimum atomic E-state index is -0.0272. The highest BCUT2D eigenvalue weighted by Gasteiger charge is 2.55. The van der Waals surface area contributed by atoms with Gasteiger partial charge in [0.15, 0.2) is 5.76 Å². The van der Waals surface area contributed by atoms with E-state index in [2.05, 4.69) is 21.8 Å². The highest BCUT2D eigenvalue weighted by atomic mass is 16.5. The maximum Gasteiger partial charge on any atom is 0.289 e. The molecular formula is C20H25N5O3. The first kappa shape index (κ1) is 17.6. The van der Waals surface area contributed by atoms with Gasteiger partial charge in [-0.3, -0.25) is 4.79 Å². The second-order valence-corrected chi connectivity index (χ2v) is 8.13. The molecule has 8 heteroatoms. The van der Waals surface area contributed by atoms with Gasteiger partial charge < -0.3 is 23.9 Å². The predicted octanol–water partition coefficient (Wildman–Crippen LogP) is 1.08. The lowest BCUT2D eigenvalue weighted by Gasteiger charge is -2.50. The molecule has 28 heavy (non-hydrogen) atoms. The number of ether oxygens (including phenoxy) is 1. The van der Waals surface area contributed by atoms with E-state index < -0.39 is 0 Å². The van der Waals surface area contributed by atoms with Gasteiger partial charge in [0.2, 0.25) is 5.95 Å². The minimum Gasteiger partial charge on any atom is -0.459 e. The molecule has 5 rings (SSSR count). The Morgan fingerprint density at radius 2 is 2.04 bits per heavy atom. The lowest BCUT2D eigenvalue weighted by Crippen LogP contribution is -2.61. The smallest absolute Gasteiger partial charge is 0.289 e. The maximum absolute atomic E-state index is 12.6. The van der Waals surface area contributed by atoms with Gasteiger partial charge in [0.25, 0.3) is 5.91 Å². The van der Waals surface area contributed by atoms with Crippen LogP contribution in [-0.4, -0.2) is 85.2 Å². The van der Waals surface area contributed by atoms with E-state index in [9.17, 15) is 4.79 Å². The fourth-order valence-corrected chi connectivity index (χ4v) is 4.83. The molecule has 2 aromatic heterocycles. The average Bonchev–Trinajstić information content (AvgIpc) is 3.35. The molecule has 3 saturated heterocycles. The molecule has 0 aliphatic carbocycles. The monoisotopic (exact) mass is 383 g/mol. The molecule has 1 spiro atoms. The van der Waals surface area contributed by atoms with Crippen molar-refractivity contribution in [3.05, 3.63) is 42.1 Å². The minimum absolute atomic E-state index is 0.0272. The summed E-state index contributed by atoms with van der Waals surface area (Å²) >= 11 is 0. The van der Waals surface area contributed by atoms with Crippen LogP contribution in [0.15, 0.2) is 35.1 Å². The number of likely N-dealkylation sites (N-methyl/N-ethyl adjacent to an activating group) is 1. The molecule has 1 atom stereocenters. The van der Waals surface area contributed by atoms with Gasteiger partial charge in [-0.05, 0) is 25.2 Å². The number of hydrogen-bond donors (Lipinski definition) is 0. The van der Waals surface area contributed by atoms with Gasteiger partial charge >= 0.3 is 0 Å². The van der Waals surface area contributed by atoms with Gasteiger partial charge in [-0.2, -0.15) is 0 Å². The molecule has 0 radical (unpaired) electrons. The first-order valence-electron chi connectivity index (χ1n) is 9.82. The van der Waals surface area contributed by atoms with Crippen molar-refractivity contribution in [1.82, 2.24) is 19.8 Å². The van der Waals surface area contributed by atoms with E-state index in [0.717, 1.165) is 50.9 Å². The maximum atomic E-state index is 12.6. The average molecular weight is 383 g/mol. The first-order valence-corrected chi connectivity index (χ1v) is 9.82. The van der Waals surface area contributed by atoms with E-state index in [-0.39, 0.29) is 11.3 Å². The van der Waals surface area contributed by atoms with Gasteiger partial charge in [-0.15, -0.1) is 0 Å². The standard InChI is InChI=1S/C20H25N5O3/c1-23-11-15(16-4-5-21-19(22-16)24-6-9-27-10-7-24)20(12-23)13-25(14-20)18(26)17-3-2-8-28-17/h2-5,8,15H,6-7,9-14H2,1H3. The topological polar surface area (TPSA) is 74.9 Å². The van der Waals surface area contributed by atoms with Gasteiger partial charge in [0.05, 0.1) is 25.2 Å². The van der Waals surface area contributed by atoms with Crippen molar-refractivity contribution in [3.63, 3.8) is 0 Å². The van der Waals surface area contributed by atoms with E-state index in [4.69, 9.17) is 14.1 Å². The van der Waals surface area contributed by atoms with Crippen molar-refractivity contribution in [1.29, 1.82) is 0 Å². The zero-order valence-electron chi connectivity index (χ0n) is 16.1. The van der Waals surface area contributed by atoms with Crippen molar-refractivity contribution in [2.45, 2.75) is 5.92 Å². The zero-order chi connectivity index (χ0) is 19.1. The fourth-order valence-electron chi connectivity index (χ4n) is 4.83. The molecule has 0 bridgehead atoms. The number of morpholine rings is 1. The summed E-state index contributed by atoms with van der Waals surface area (Å²) in [5, 5.41) is 0. The van der Waals surface area contributed by atoms with Gasteiger partial charge in [0.1, 0.15) is 0 Å². The summed E-state index contributed by atoms with van der Waals surface area (Å²) in [4.78, 5) is 28.4. The number of furan rings is 1. The van der Waals surface area contributed by atoms with Crippen LogP contribution in [0.3, 0.4) is 0 Å². The number of amides is 1. The molecule has 3 aliphatic rings. The van der Waals surface area contributed by atoms with Crippen LogP contribution in [0.4, 0.5) is 5.95 Å². The third kappa shape index (κ3) is 2.97. The predicted molar refractivity (Wildman–Crippen MR) is 102 cm³/mol. The van der Waals surface area contributed by atoms with E-state index in [1.807, 2.05) is 17.2 Å². The van der Waals surface area contributed by atoms with Crippen LogP contribution in [0.1, 0.15) is 22.2 Å². The lowest BCUT2D eigenvalue weighted by atomic mass is 9.70. The molecule has 148 valence electrons. The van der Waals surface area contributed by atoms with E-state index in [1.165, 1.54) is 0 Å². The molecule has 0 N–H and O–H groups in total. The molecule has 5 heterocycles. The number of aromatic nitrogens is 2.